The Hall–Kier alpha value is -3.81. The number of benzene rings is 2. The van der Waals surface area contributed by atoms with E-state index in [0.717, 1.165) is 30.0 Å². The Kier molecular flexibility index (Phi) is 4.36. The predicted molar refractivity (Wildman–Crippen MR) is 108 cm³/mol. The molecule has 1 amide bonds. The Morgan fingerprint density at radius 3 is 2.86 bits per heavy atom. The van der Waals surface area contributed by atoms with E-state index in [0.29, 0.717) is 16.9 Å². The van der Waals surface area contributed by atoms with Crippen molar-refractivity contribution >= 4 is 11.6 Å². The van der Waals surface area contributed by atoms with Crippen molar-refractivity contribution in [3.8, 4) is 16.9 Å². The van der Waals surface area contributed by atoms with Crippen LogP contribution in [0.1, 0.15) is 29.0 Å². The molecule has 3 heterocycles. The molecular weight excluding hydrogens is 366 g/mol. The van der Waals surface area contributed by atoms with Crippen LogP contribution < -0.4 is 5.32 Å². The van der Waals surface area contributed by atoms with E-state index in [1.807, 2.05) is 36.4 Å². The molecule has 0 radical (unpaired) electrons. The topological polar surface area (TPSA) is 90.5 Å². The molecule has 1 N–H and O–H groups in total. The van der Waals surface area contributed by atoms with E-state index >= 15 is 0 Å². The number of nitrogens with zero attached hydrogens (tertiary/aromatic N) is 6. The van der Waals surface area contributed by atoms with Crippen LogP contribution in [0, 0.1) is 0 Å². The molecule has 0 atom stereocenters. The Bertz CT molecular complexity index is 1140. The van der Waals surface area contributed by atoms with Gasteiger partial charge in [0.15, 0.2) is 0 Å². The van der Waals surface area contributed by atoms with Gasteiger partial charge in [-0.1, -0.05) is 24.3 Å². The number of imidazole rings is 1. The molecular formula is C21H19N7O. The van der Waals surface area contributed by atoms with Gasteiger partial charge in [0.05, 0.1) is 16.9 Å². The van der Waals surface area contributed by atoms with Crippen LogP contribution in [0.25, 0.3) is 16.9 Å². The van der Waals surface area contributed by atoms with Gasteiger partial charge in [0.2, 0.25) is 0 Å². The average molecular weight is 385 g/mol. The number of fused-ring (bicyclic) bond motifs is 1. The standard InChI is InChI=1S/C21H19N7O/c29-21(17-8-1-2-9-19(17)28-14-22-25-26-28)23-16-7-5-6-15(12-16)18-13-27-11-4-3-10-20(27)24-18/h1-2,5-9,12-14H,3-4,10-11H2,(H,23,29). The Morgan fingerprint density at radius 2 is 2.00 bits per heavy atom. The molecule has 0 unspecified atom stereocenters. The summed E-state index contributed by atoms with van der Waals surface area (Å²) in [5.41, 5.74) is 3.74. The smallest absolute Gasteiger partial charge is 0.257 e. The zero-order chi connectivity index (χ0) is 19.6. The molecule has 0 saturated carbocycles. The second kappa shape index (κ2) is 7.31. The summed E-state index contributed by atoms with van der Waals surface area (Å²) in [6, 6.07) is 15.0. The van der Waals surface area contributed by atoms with Crippen molar-refractivity contribution in [3.05, 3.63) is 72.4 Å². The van der Waals surface area contributed by atoms with Gasteiger partial charge in [0.25, 0.3) is 5.91 Å². The van der Waals surface area contributed by atoms with Crippen LogP contribution in [-0.4, -0.2) is 35.7 Å². The van der Waals surface area contributed by atoms with E-state index in [9.17, 15) is 4.79 Å². The maximum atomic E-state index is 12.9. The van der Waals surface area contributed by atoms with Crippen molar-refractivity contribution in [2.45, 2.75) is 25.8 Å². The fourth-order valence-electron chi connectivity index (χ4n) is 3.64. The van der Waals surface area contributed by atoms with Crippen LogP contribution in [0.5, 0.6) is 0 Å². The summed E-state index contributed by atoms with van der Waals surface area (Å²) < 4.78 is 3.70. The number of anilines is 1. The van der Waals surface area contributed by atoms with Crippen molar-refractivity contribution in [2.24, 2.45) is 0 Å². The second-order valence-corrected chi connectivity index (χ2v) is 7.00. The van der Waals surface area contributed by atoms with Crippen LogP contribution in [0.4, 0.5) is 5.69 Å². The molecule has 1 aliphatic rings. The summed E-state index contributed by atoms with van der Waals surface area (Å²) in [7, 11) is 0. The zero-order valence-corrected chi connectivity index (χ0v) is 15.7. The number of carbonyl (C=O) groups is 1. The number of nitrogens with one attached hydrogen (secondary N) is 1. The SMILES string of the molecule is O=C(Nc1cccc(-c2cn3c(n2)CCCC3)c1)c1ccccc1-n1cnnn1. The number of hydrogen-bond acceptors (Lipinski definition) is 5. The van der Waals surface area contributed by atoms with Gasteiger partial charge in [0, 0.05) is 30.4 Å². The number of rotatable bonds is 4. The number of amides is 1. The first kappa shape index (κ1) is 17.3. The van der Waals surface area contributed by atoms with Crippen LogP contribution in [0.15, 0.2) is 61.1 Å². The molecule has 144 valence electrons. The largest absolute Gasteiger partial charge is 0.334 e. The third-order valence-electron chi connectivity index (χ3n) is 5.07. The summed E-state index contributed by atoms with van der Waals surface area (Å²) in [6.45, 7) is 1.02. The third-order valence-corrected chi connectivity index (χ3v) is 5.07. The molecule has 4 aromatic rings. The predicted octanol–water partition coefficient (Wildman–Crippen LogP) is 3.11. The van der Waals surface area contributed by atoms with Gasteiger partial charge < -0.3 is 9.88 Å². The Morgan fingerprint density at radius 1 is 1.07 bits per heavy atom. The minimum Gasteiger partial charge on any atom is -0.334 e. The summed E-state index contributed by atoms with van der Waals surface area (Å²) in [5, 5.41) is 14.2. The normalized spacial score (nSPS) is 13.1. The van der Waals surface area contributed by atoms with Gasteiger partial charge in [-0.25, -0.2) is 4.98 Å². The van der Waals surface area contributed by atoms with Crippen molar-refractivity contribution in [1.82, 2.24) is 29.8 Å². The number of carbonyl (C=O) groups excluding carboxylic acids is 1. The highest BCUT2D eigenvalue weighted by Gasteiger charge is 2.16. The second-order valence-electron chi connectivity index (χ2n) is 7.00. The van der Waals surface area contributed by atoms with Crippen molar-refractivity contribution < 1.29 is 4.79 Å². The highest BCUT2D eigenvalue weighted by Crippen LogP contribution is 2.25. The number of aromatic nitrogens is 6. The highest BCUT2D eigenvalue weighted by atomic mass is 16.1. The summed E-state index contributed by atoms with van der Waals surface area (Å²) in [6.07, 6.45) is 6.97. The van der Waals surface area contributed by atoms with Gasteiger partial charge in [-0.05, 0) is 47.5 Å². The minimum atomic E-state index is -0.225. The summed E-state index contributed by atoms with van der Waals surface area (Å²) in [4.78, 5) is 17.7. The van der Waals surface area contributed by atoms with Crippen LogP contribution in [0.3, 0.4) is 0 Å². The molecule has 0 bridgehead atoms. The minimum absolute atomic E-state index is 0.225. The highest BCUT2D eigenvalue weighted by molar-refractivity contribution is 6.06. The molecule has 1 aliphatic heterocycles. The van der Waals surface area contributed by atoms with Gasteiger partial charge in [-0.2, -0.15) is 4.68 Å². The summed E-state index contributed by atoms with van der Waals surface area (Å²) in [5.74, 6) is 0.911. The molecule has 29 heavy (non-hydrogen) atoms. The lowest BCUT2D eigenvalue weighted by Gasteiger charge is -2.11. The van der Waals surface area contributed by atoms with Crippen molar-refractivity contribution in [3.63, 3.8) is 0 Å². The van der Waals surface area contributed by atoms with E-state index < -0.39 is 0 Å². The van der Waals surface area contributed by atoms with Gasteiger partial charge >= 0.3 is 0 Å². The lowest BCUT2D eigenvalue weighted by atomic mass is 10.1. The first-order chi connectivity index (χ1) is 14.3. The fraction of sp³-hybridized carbons (Fsp3) is 0.190. The monoisotopic (exact) mass is 385 g/mol. The van der Waals surface area contributed by atoms with Crippen molar-refractivity contribution in [1.29, 1.82) is 0 Å². The van der Waals surface area contributed by atoms with E-state index in [1.165, 1.54) is 23.9 Å². The molecule has 0 aliphatic carbocycles. The van der Waals surface area contributed by atoms with Crippen LogP contribution in [-0.2, 0) is 13.0 Å². The zero-order valence-electron chi connectivity index (χ0n) is 15.7. The average Bonchev–Trinajstić information content (AvgIpc) is 3.44. The Labute approximate surface area is 167 Å². The molecule has 0 saturated heterocycles. The lowest BCUT2D eigenvalue weighted by Crippen LogP contribution is -2.15. The first-order valence-corrected chi connectivity index (χ1v) is 9.58. The molecule has 0 spiro atoms. The molecule has 8 nitrogen and oxygen atoms in total. The van der Waals surface area contributed by atoms with E-state index in [-0.39, 0.29) is 5.91 Å². The molecule has 5 rings (SSSR count). The maximum absolute atomic E-state index is 12.9. The number of aryl methyl sites for hydroxylation is 2. The van der Waals surface area contributed by atoms with E-state index in [1.54, 1.807) is 12.1 Å². The van der Waals surface area contributed by atoms with Crippen molar-refractivity contribution in [2.75, 3.05) is 5.32 Å². The fourth-order valence-corrected chi connectivity index (χ4v) is 3.64. The lowest BCUT2D eigenvalue weighted by molar-refractivity contribution is 0.102. The molecule has 2 aromatic heterocycles. The maximum Gasteiger partial charge on any atom is 0.257 e. The molecule has 8 heteroatoms. The molecule has 2 aromatic carbocycles. The number of tetrazole rings is 1. The van der Waals surface area contributed by atoms with Crippen LogP contribution in [0.2, 0.25) is 0 Å². The Balaban J connectivity index is 1.41. The van der Waals surface area contributed by atoms with Gasteiger partial charge in [-0.15, -0.1) is 5.10 Å². The van der Waals surface area contributed by atoms with Crippen LogP contribution >= 0.6 is 0 Å². The third kappa shape index (κ3) is 3.40. The summed E-state index contributed by atoms with van der Waals surface area (Å²) >= 11 is 0. The molecule has 0 fully saturated rings. The number of para-hydroxylation sites is 1. The van der Waals surface area contributed by atoms with Gasteiger partial charge in [0.1, 0.15) is 12.2 Å². The van der Waals surface area contributed by atoms with Gasteiger partial charge in [-0.3, -0.25) is 4.79 Å². The number of hydrogen-bond donors (Lipinski definition) is 1. The van der Waals surface area contributed by atoms with E-state index in [4.69, 9.17) is 4.98 Å². The quantitative estimate of drug-likeness (QED) is 0.583. The van der Waals surface area contributed by atoms with E-state index in [2.05, 4.69) is 31.6 Å². The first-order valence-electron chi connectivity index (χ1n) is 9.58.